The summed E-state index contributed by atoms with van der Waals surface area (Å²) in [5.74, 6) is 0.802. The van der Waals surface area contributed by atoms with Gasteiger partial charge in [0.2, 0.25) is 0 Å². The first-order valence-electron chi connectivity index (χ1n) is 5.15. The SMILES string of the molecule is CN(C)CCCOc1ccc(N=[N+]=[N-])cc1. The summed E-state index contributed by atoms with van der Waals surface area (Å²) in [5.41, 5.74) is 8.84. The lowest BCUT2D eigenvalue weighted by Gasteiger charge is -2.10. The van der Waals surface area contributed by atoms with Gasteiger partial charge in [-0.2, -0.15) is 0 Å². The predicted molar refractivity (Wildman–Crippen MR) is 63.9 cm³/mol. The average molecular weight is 220 g/mol. The molecular formula is C11H16N4O. The summed E-state index contributed by atoms with van der Waals surface area (Å²) in [5, 5.41) is 3.49. The predicted octanol–water partition coefficient (Wildman–Crippen LogP) is 2.96. The molecule has 86 valence electrons. The molecule has 1 rings (SSSR count). The third kappa shape index (κ3) is 4.68. The fraction of sp³-hybridized carbons (Fsp3) is 0.455. The van der Waals surface area contributed by atoms with Gasteiger partial charge in [-0.25, -0.2) is 0 Å². The van der Waals surface area contributed by atoms with Crippen molar-refractivity contribution in [3.63, 3.8) is 0 Å². The minimum Gasteiger partial charge on any atom is -0.494 e. The van der Waals surface area contributed by atoms with Crippen molar-refractivity contribution in [2.24, 2.45) is 5.11 Å². The highest BCUT2D eigenvalue weighted by atomic mass is 16.5. The van der Waals surface area contributed by atoms with Crippen molar-refractivity contribution in [3.8, 4) is 5.75 Å². The van der Waals surface area contributed by atoms with E-state index in [1.165, 1.54) is 0 Å². The molecule has 0 aliphatic rings. The van der Waals surface area contributed by atoms with Gasteiger partial charge in [-0.05, 0) is 50.3 Å². The summed E-state index contributed by atoms with van der Waals surface area (Å²) in [6.45, 7) is 1.70. The Morgan fingerprint density at radius 2 is 2.00 bits per heavy atom. The van der Waals surface area contributed by atoms with Crippen LogP contribution in [-0.4, -0.2) is 32.1 Å². The van der Waals surface area contributed by atoms with E-state index >= 15 is 0 Å². The first-order chi connectivity index (χ1) is 7.72. The summed E-state index contributed by atoms with van der Waals surface area (Å²) in [7, 11) is 4.07. The van der Waals surface area contributed by atoms with Gasteiger partial charge in [0.05, 0.1) is 6.61 Å². The molecule has 0 aliphatic carbocycles. The Bertz CT molecular complexity index is 355. The number of rotatable bonds is 6. The van der Waals surface area contributed by atoms with Crippen LogP contribution in [0.5, 0.6) is 5.75 Å². The first kappa shape index (κ1) is 12.4. The number of nitrogens with zero attached hydrogens (tertiary/aromatic N) is 4. The van der Waals surface area contributed by atoms with Gasteiger partial charge in [-0.3, -0.25) is 0 Å². The Kier molecular flexibility index (Phi) is 5.19. The lowest BCUT2D eigenvalue weighted by atomic mass is 10.3. The molecule has 5 heteroatoms. The van der Waals surface area contributed by atoms with Crippen molar-refractivity contribution < 1.29 is 4.74 Å². The van der Waals surface area contributed by atoms with Crippen LogP contribution in [0, 0.1) is 0 Å². The monoisotopic (exact) mass is 220 g/mol. The summed E-state index contributed by atoms with van der Waals surface area (Å²) in [6.07, 6.45) is 0.991. The van der Waals surface area contributed by atoms with Crippen LogP contribution in [0.4, 0.5) is 5.69 Å². The number of hydrogen-bond acceptors (Lipinski definition) is 3. The molecule has 0 saturated heterocycles. The number of ether oxygens (including phenoxy) is 1. The maximum atomic E-state index is 8.24. The molecule has 0 saturated carbocycles. The Morgan fingerprint density at radius 3 is 2.56 bits per heavy atom. The highest BCUT2D eigenvalue weighted by Gasteiger charge is 1.95. The van der Waals surface area contributed by atoms with E-state index in [1.807, 2.05) is 14.1 Å². The molecular weight excluding hydrogens is 204 g/mol. The molecule has 0 N–H and O–H groups in total. The smallest absolute Gasteiger partial charge is 0.119 e. The Balaban J connectivity index is 2.34. The maximum Gasteiger partial charge on any atom is 0.119 e. The van der Waals surface area contributed by atoms with Crippen LogP contribution in [0.1, 0.15) is 6.42 Å². The van der Waals surface area contributed by atoms with E-state index < -0.39 is 0 Å². The quantitative estimate of drug-likeness (QED) is 0.320. The summed E-state index contributed by atoms with van der Waals surface area (Å²) < 4.78 is 5.53. The van der Waals surface area contributed by atoms with E-state index in [9.17, 15) is 0 Å². The lowest BCUT2D eigenvalue weighted by molar-refractivity contribution is 0.281. The van der Waals surface area contributed by atoms with Gasteiger partial charge in [0, 0.05) is 17.1 Å². The Morgan fingerprint density at radius 1 is 1.31 bits per heavy atom. The molecule has 0 aliphatic heterocycles. The van der Waals surface area contributed by atoms with Crippen LogP contribution < -0.4 is 4.74 Å². The van der Waals surface area contributed by atoms with Gasteiger partial charge < -0.3 is 9.64 Å². The Labute approximate surface area is 95.3 Å². The van der Waals surface area contributed by atoms with Crippen molar-refractivity contribution in [2.45, 2.75) is 6.42 Å². The topological polar surface area (TPSA) is 61.2 Å². The molecule has 16 heavy (non-hydrogen) atoms. The maximum absolute atomic E-state index is 8.24. The second-order valence-corrected chi connectivity index (χ2v) is 3.69. The van der Waals surface area contributed by atoms with Crippen LogP contribution in [-0.2, 0) is 0 Å². The van der Waals surface area contributed by atoms with Gasteiger partial charge in [0.1, 0.15) is 5.75 Å². The summed E-state index contributed by atoms with van der Waals surface area (Å²) >= 11 is 0. The lowest BCUT2D eigenvalue weighted by Crippen LogP contribution is -2.15. The fourth-order valence-corrected chi connectivity index (χ4v) is 1.23. The molecule has 0 amide bonds. The zero-order valence-electron chi connectivity index (χ0n) is 9.63. The molecule has 0 radical (unpaired) electrons. The van der Waals surface area contributed by atoms with Crippen molar-refractivity contribution in [1.82, 2.24) is 4.90 Å². The van der Waals surface area contributed by atoms with Crippen LogP contribution in [0.3, 0.4) is 0 Å². The molecule has 0 heterocycles. The van der Waals surface area contributed by atoms with Crippen molar-refractivity contribution in [1.29, 1.82) is 0 Å². The van der Waals surface area contributed by atoms with Gasteiger partial charge in [-0.15, -0.1) is 0 Å². The van der Waals surface area contributed by atoms with Crippen LogP contribution >= 0.6 is 0 Å². The van der Waals surface area contributed by atoms with Crippen molar-refractivity contribution in [2.75, 3.05) is 27.2 Å². The first-order valence-corrected chi connectivity index (χ1v) is 5.15. The number of azide groups is 1. The summed E-state index contributed by atoms with van der Waals surface area (Å²) in [4.78, 5) is 4.83. The molecule has 1 aromatic rings. The van der Waals surface area contributed by atoms with Crippen LogP contribution in [0.2, 0.25) is 0 Å². The zero-order valence-corrected chi connectivity index (χ0v) is 9.63. The molecule has 0 fully saturated rings. The van der Waals surface area contributed by atoms with E-state index in [1.54, 1.807) is 24.3 Å². The standard InChI is InChI=1S/C11H16N4O/c1-15(2)8-3-9-16-11-6-4-10(5-7-11)13-14-12/h4-7H,3,8-9H2,1-2H3. The van der Waals surface area contributed by atoms with Crippen LogP contribution in [0.15, 0.2) is 29.4 Å². The second kappa shape index (κ2) is 6.71. The van der Waals surface area contributed by atoms with Crippen molar-refractivity contribution >= 4 is 5.69 Å². The van der Waals surface area contributed by atoms with Crippen LogP contribution in [0.25, 0.3) is 10.4 Å². The van der Waals surface area contributed by atoms with Gasteiger partial charge in [0.15, 0.2) is 0 Å². The van der Waals surface area contributed by atoms with E-state index in [0.29, 0.717) is 12.3 Å². The van der Waals surface area contributed by atoms with E-state index in [4.69, 9.17) is 10.3 Å². The fourth-order valence-electron chi connectivity index (χ4n) is 1.23. The minimum absolute atomic E-state index is 0.600. The highest BCUT2D eigenvalue weighted by Crippen LogP contribution is 2.18. The molecule has 0 bridgehead atoms. The average Bonchev–Trinajstić information content (AvgIpc) is 2.27. The van der Waals surface area contributed by atoms with E-state index in [-0.39, 0.29) is 0 Å². The normalized spacial score (nSPS) is 9.94. The molecule has 1 aromatic carbocycles. The Hall–Kier alpha value is -1.71. The van der Waals surface area contributed by atoms with Crippen molar-refractivity contribution in [3.05, 3.63) is 34.7 Å². The largest absolute Gasteiger partial charge is 0.494 e. The minimum atomic E-state index is 0.600. The third-order valence-corrected chi connectivity index (χ3v) is 2.02. The van der Waals surface area contributed by atoms with Gasteiger partial charge in [-0.1, -0.05) is 5.11 Å². The summed E-state index contributed by atoms with van der Waals surface area (Å²) in [6, 6.07) is 7.08. The molecule has 5 nitrogen and oxygen atoms in total. The number of hydrogen-bond donors (Lipinski definition) is 0. The molecule has 0 spiro atoms. The highest BCUT2D eigenvalue weighted by molar-refractivity contribution is 5.40. The van der Waals surface area contributed by atoms with E-state index in [2.05, 4.69) is 14.9 Å². The van der Waals surface area contributed by atoms with Gasteiger partial charge >= 0.3 is 0 Å². The molecule has 0 aromatic heterocycles. The second-order valence-electron chi connectivity index (χ2n) is 3.69. The number of benzene rings is 1. The molecule has 0 unspecified atom stereocenters. The zero-order chi connectivity index (χ0) is 11.8. The molecule has 0 atom stereocenters. The van der Waals surface area contributed by atoms with Gasteiger partial charge in [0.25, 0.3) is 0 Å². The third-order valence-electron chi connectivity index (χ3n) is 2.02. The van der Waals surface area contributed by atoms with E-state index in [0.717, 1.165) is 18.7 Å².